The van der Waals surface area contributed by atoms with Crippen LogP contribution in [0, 0.1) is 13.8 Å². The molecule has 1 fully saturated rings. The van der Waals surface area contributed by atoms with Crippen LogP contribution in [0.3, 0.4) is 0 Å². The number of aromatic nitrogens is 2. The molecule has 0 amide bonds. The Morgan fingerprint density at radius 1 is 1.40 bits per heavy atom. The Morgan fingerprint density at radius 3 is 2.65 bits per heavy atom. The van der Waals surface area contributed by atoms with Crippen molar-refractivity contribution >= 4 is 21.6 Å². The van der Waals surface area contributed by atoms with Crippen LogP contribution in [0.2, 0.25) is 0 Å². The van der Waals surface area contributed by atoms with E-state index in [1.165, 1.54) is 0 Å². The number of rotatable bonds is 5. The Balaban J connectivity index is 2.34. The second kappa shape index (κ2) is 6.03. The van der Waals surface area contributed by atoms with Crippen LogP contribution in [0.5, 0.6) is 0 Å². The van der Waals surface area contributed by atoms with Gasteiger partial charge >= 0.3 is 0 Å². The fraction of sp³-hybridized carbons (Fsp3) is 0.769. The molecule has 114 valence electrons. The molecule has 0 aromatic carbocycles. The zero-order chi connectivity index (χ0) is 14.9. The third-order valence-electron chi connectivity index (χ3n) is 4.00. The van der Waals surface area contributed by atoms with Gasteiger partial charge in [0.25, 0.3) is 0 Å². The first-order chi connectivity index (χ1) is 9.39. The van der Waals surface area contributed by atoms with Gasteiger partial charge in [-0.05, 0) is 39.5 Å². The summed E-state index contributed by atoms with van der Waals surface area (Å²) in [5.74, 6) is 0.579. The lowest BCUT2D eigenvalue weighted by atomic mass is 10.1. The first-order valence-corrected chi connectivity index (χ1v) is 8.95. The summed E-state index contributed by atoms with van der Waals surface area (Å²) in [5.41, 5.74) is 1.28. The molecule has 5 nitrogen and oxygen atoms in total. The molecule has 0 N–H and O–H groups in total. The van der Waals surface area contributed by atoms with E-state index in [4.69, 9.17) is 11.6 Å². The molecule has 7 heteroatoms. The molecule has 0 radical (unpaired) electrons. The molecule has 20 heavy (non-hydrogen) atoms. The number of sulfonamides is 1. The van der Waals surface area contributed by atoms with Gasteiger partial charge in [-0.25, -0.2) is 8.42 Å². The highest BCUT2D eigenvalue weighted by Crippen LogP contribution is 2.31. The maximum absolute atomic E-state index is 12.9. The summed E-state index contributed by atoms with van der Waals surface area (Å²) in [6.07, 6.45) is 3.53. The van der Waals surface area contributed by atoms with Crippen molar-refractivity contribution in [1.82, 2.24) is 14.1 Å². The predicted octanol–water partition coefficient (Wildman–Crippen LogP) is 2.21. The lowest BCUT2D eigenvalue weighted by Gasteiger charge is -2.24. The number of nitrogens with zero attached hydrogens (tertiary/aromatic N) is 3. The van der Waals surface area contributed by atoms with Crippen molar-refractivity contribution < 1.29 is 8.42 Å². The monoisotopic (exact) mass is 319 g/mol. The molecular formula is C13H22ClN3O2S. The van der Waals surface area contributed by atoms with Crippen LogP contribution in [0.1, 0.15) is 37.1 Å². The van der Waals surface area contributed by atoms with Gasteiger partial charge in [0.05, 0.1) is 11.4 Å². The van der Waals surface area contributed by atoms with Crippen LogP contribution in [-0.4, -0.2) is 41.0 Å². The minimum absolute atomic E-state index is 0.0813. The first kappa shape index (κ1) is 15.8. The molecule has 1 aromatic rings. The molecule has 1 aliphatic heterocycles. The van der Waals surface area contributed by atoms with E-state index in [-0.39, 0.29) is 6.04 Å². The first-order valence-electron chi connectivity index (χ1n) is 6.97. The molecule has 1 aliphatic rings. The largest absolute Gasteiger partial charge is 0.271 e. The van der Waals surface area contributed by atoms with E-state index in [1.807, 2.05) is 0 Å². The standard InChI is InChI=1S/C13H22ClN3O2S/c1-10-13(11(2)16(3)15-10)20(18,19)17-9-5-7-12(17)6-4-8-14/h12H,4-9H2,1-3H3. The molecular weight excluding hydrogens is 298 g/mol. The molecule has 0 aliphatic carbocycles. The molecule has 1 saturated heterocycles. The van der Waals surface area contributed by atoms with Gasteiger partial charge in [-0.15, -0.1) is 11.6 Å². The van der Waals surface area contributed by atoms with E-state index in [0.717, 1.165) is 25.7 Å². The summed E-state index contributed by atoms with van der Waals surface area (Å²) in [7, 11) is -1.68. The van der Waals surface area contributed by atoms with E-state index in [1.54, 1.807) is 29.9 Å². The van der Waals surface area contributed by atoms with E-state index < -0.39 is 10.0 Å². The second-order valence-electron chi connectivity index (χ2n) is 5.37. The third-order valence-corrected chi connectivity index (χ3v) is 6.48. The molecule has 2 rings (SSSR count). The van der Waals surface area contributed by atoms with Gasteiger partial charge in [-0.1, -0.05) is 0 Å². The average molecular weight is 320 g/mol. The van der Waals surface area contributed by atoms with Crippen molar-refractivity contribution in [2.24, 2.45) is 7.05 Å². The summed E-state index contributed by atoms with van der Waals surface area (Å²) >= 11 is 5.73. The van der Waals surface area contributed by atoms with E-state index in [0.29, 0.717) is 28.7 Å². The minimum atomic E-state index is -3.45. The summed E-state index contributed by atoms with van der Waals surface area (Å²) in [6, 6.07) is 0.0813. The lowest BCUT2D eigenvalue weighted by Crippen LogP contribution is -2.36. The van der Waals surface area contributed by atoms with Crippen LogP contribution in [0.15, 0.2) is 4.90 Å². The van der Waals surface area contributed by atoms with Crippen LogP contribution in [0.4, 0.5) is 0 Å². The van der Waals surface area contributed by atoms with Crippen LogP contribution < -0.4 is 0 Å². The van der Waals surface area contributed by atoms with Crippen molar-refractivity contribution in [3.63, 3.8) is 0 Å². The quantitative estimate of drug-likeness (QED) is 0.782. The van der Waals surface area contributed by atoms with Gasteiger partial charge in [0.15, 0.2) is 0 Å². The summed E-state index contributed by atoms with van der Waals surface area (Å²) < 4.78 is 29.1. The topological polar surface area (TPSA) is 55.2 Å². The lowest BCUT2D eigenvalue weighted by molar-refractivity contribution is 0.368. The minimum Gasteiger partial charge on any atom is -0.271 e. The summed E-state index contributed by atoms with van der Waals surface area (Å²) in [4.78, 5) is 0.373. The normalized spacial score (nSPS) is 20.7. The van der Waals surface area contributed by atoms with Gasteiger partial charge in [0, 0.05) is 25.5 Å². The van der Waals surface area contributed by atoms with Crippen molar-refractivity contribution in [3.05, 3.63) is 11.4 Å². The van der Waals surface area contributed by atoms with E-state index in [9.17, 15) is 8.42 Å². The van der Waals surface area contributed by atoms with Crippen molar-refractivity contribution in [2.75, 3.05) is 12.4 Å². The number of hydrogen-bond donors (Lipinski definition) is 0. The number of alkyl halides is 1. The Morgan fingerprint density at radius 2 is 2.10 bits per heavy atom. The summed E-state index contributed by atoms with van der Waals surface area (Å²) in [6.45, 7) is 4.16. The predicted molar refractivity (Wildman–Crippen MR) is 79.5 cm³/mol. The number of halogens is 1. The highest BCUT2D eigenvalue weighted by molar-refractivity contribution is 7.89. The molecule has 2 heterocycles. The Labute approximate surface area is 126 Å². The Bertz CT molecular complexity index is 583. The van der Waals surface area contributed by atoms with Crippen molar-refractivity contribution in [2.45, 2.75) is 50.5 Å². The maximum Gasteiger partial charge on any atom is 0.246 e. The molecule has 1 aromatic heterocycles. The number of hydrogen-bond acceptors (Lipinski definition) is 3. The zero-order valence-corrected chi connectivity index (χ0v) is 13.8. The van der Waals surface area contributed by atoms with Crippen molar-refractivity contribution in [3.8, 4) is 0 Å². The van der Waals surface area contributed by atoms with Gasteiger partial charge in [0.2, 0.25) is 10.0 Å². The van der Waals surface area contributed by atoms with E-state index >= 15 is 0 Å². The fourth-order valence-electron chi connectivity index (χ4n) is 2.97. The van der Waals surface area contributed by atoms with Crippen LogP contribution >= 0.6 is 11.6 Å². The van der Waals surface area contributed by atoms with E-state index in [2.05, 4.69) is 5.10 Å². The third kappa shape index (κ3) is 2.73. The zero-order valence-electron chi connectivity index (χ0n) is 12.3. The smallest absolute Gasteiger partial charge is 0.246 e. The Kier molecular flexibility index (Phi) is 4.76. The molecule has 1 unspecified atom stereocenters. The maximum atomic E-state index is 12.9. The van der Waals surface area contributed by atoms with Gasteiger partial charge in [0.1, 0.15) is 4.90 Å². The van der Waals surface area contributed by atoms with Crippen LogP contribution in [-0.2, 0) is 17.1 Å². The summed E-state index contributed by atoms with van der Waals surface area (Å²) in [5, 5.41) is 4.23. The SMILES string of the molecule is Cc1nn(C)c(C)c1S(=O)(=O)N1CCCC1CCCCl. The highest BCUT2D eigenvalue weighted by Gasteiger charge is 2.37. The molecule has 0 bridgehead atoms. The Hall–Kier alpha value is -0.590. The van der Waals surface area contributed by atoms with Crippen LogP contribution in [0.25, 0.3) is 0 Å². The fourth-order valence-corrected chi connectivity index (χ4v) is 5.25. The van der Waals surface area contributed by atoms with Gasteiger partial charge in [-0.2, -0.15) is 9.40 Å². The van der Waals surface area contributed by atoms with Gasteiger partial charge in [-0.3, -0.25) is 4.68 Å². The molecule has 0 saturated carbocycles. The second-order valence-corrected chi connectivity index (χ2v) is 7.57. The van der Waals surface area contributed by atoms with Crippen molar-refractivity contribution in [1.29, 1.82) is 0 Å². The molecule has 1 atom stereocenters. The molecule has 0 spiro atoms. The highest BCUT2D eigenvalue weighted by atomic mass is 35.5. The van der Waals surface area contributed by atoms with Gasteiger partial charge < -0.3 is 0 Å². The average Bonchev–Trinajstić information content (AvgIpc) is 2.93. The number of aryl methyl sites for hydroxylation is 2.